The molecule has 2 aromatic rings. The fourth-order valence-corrected chi connectivity index (χ4v) is 2.27. The van der Waals surface area contributed by atoms with Crippen LogP contribution in [0.2, 0.25) is 0 Å². The number of fused-ring (bicyclic) bond motifs is 1. The summed E-state index contributed by atoms with van der Waals surface area (Å²) in [7, 11) is 0. The lowest BCUT2D eigenvalue weighted by atomic mass is 10.1. The van der Waals surface area contributed by atoms with Crippen LogP contribution >= 0.6 is 11.8 Å². The van der Waals surface area contributed by atoms with Crippen LogP contribution in [-0.2, 0) is 0 Å². The molecule has 0 spiro atoms. The first-order valence-electron chi connectivity index (χ1n) is 5.82. The molecule has 0 unspecified atom stereocenters. The number of nitro groups is 1. The highest BCUT2D eigenvalue weighted by Crippen LogP contribution is 2.34. The molecule has 106 valence electrons. The average Bonchev–Trinajstić information content (AvgIpc) is 3.03. The summed E-state index contributed by atoms with van der Waals surface area (Å²) >= 11 is 1.36. The van der Waals surface area contributed by atoms with E-state index in [-0.39, 0.29) is 11.6 Å². The summed E-state index contributed by atoms with van der Waals surface area (Å²) in [5, 5.41) is 21.1. The van der Waals surface area contributed by atoms with Crippen molar-refractivity contribution in [3.63, 3.8) is 0 Å². The lowest BCUT2D eigenvalue weighted by Crippen LogP contribution is -1.91. The summed E-state index contributed by atoms with van der Waals surface area (Å²) < 4.78 is 0. The van der Waals surface area contributed by atoms with Gasteiger partial charge in [-0.25, -0.2) is 9.98 Å². The van der Waals surface area contributed by atoms with Gasteiger partial charge in [0.15, 0.2) is 11.0 Å². The fourth-order valence-electron chi connectivity index (χ4n) is 1.89. The number of aromatic amines is 1. The minimum absolute atomic E-state index is 0.108. The van der Waals surface area contributed by atoms with Gasteiger partial charge in [-0.1, -0.05) is 11.8 Å². The number of pyridine rings is 1. The Bertz CT molecular complexity index is 796. The molecule has 0 saturated carbocycles. The maximum atomic E-state index is 10.8. The van der Waals surface area contributed by atoms with Gasteiger partial charge < -0.3 is 10.1 Å². The number of aliphatic imine (C=N–C) groups is 1. The van der Waals surface area contributed by atoms with Crippen LogP contribution in [0.25, 0.3) is 11.6 Å². The zero-order valence-corrected chi connectivity index (χ0v) is 11.6. The third-order valence-electron chi connectivity index (χ3n) is 2.88. The normalized spacial score (nSPS) is 14.6. The Hall–Kier alpha value is -2.68. The second-order valence-corrected chi connectivity index (χ2v) is 4.96. The molecule has 3 heterocycles. The van der Waals surface area contributed by atoms with E-state index >= 15 is 0 Å². The number of nitrogens with one attached hydrogen (secondary N) is 1. The van der Waals surface area contributed by atoms with Gasteiger partial charge in [0, 0.05) is 23.4 Å². The zero-order chi connectivity index (χ0) is 15.0. The molecule has 2 N–H and O–H groups in total. The van der Waals surface area contributed by atoms with Crippen LogP contribution < -0.4 is 0 Å². The number of rotatable bonds is 3. The largest absolute Gasteiger partial charge is 0.492 e. The van der Waals surface area contributed by atoms with E-state index in [1.54, 1.807) is 12.3 Å². The molecule has 0 aliphatic carbocycles. The highest BCUT2D eigenvalue weighted by Gasteiger charge is 2.19. The van der Waals surface area contributed by atoms with Crippen molar-refractivity contribution in [3.8, 4) is 5.88 Å². The zero-order valence-electron chi connectivity index (χ0n) is 10.8. The number of thioether (sulfide) groups is 1. The van der Waals surface area contributed by atoms with E-state index in [4.69, 9.17) is 0 Å². The van der Waals surface area contributed by atoms with E-state index in [9.17, 15) is 15.2 Å². The molecule has 8 nitrogen and oxygen atoms in total. The molecule has 0 atom stereocenters. The molecule has 1 aliphatic rings. The first-order chi connectivity index (χ1) is 10.1. The van der Waals surface area contributed by atoms with Gasteiger partial charge in [0.1, 0.15) is 11.9 Å². The van der Waals surface area contributed by atoms with Gasteiger partial charge in [-0.3, -0.25) is 10.1 Å². The summed E-state index contributed by atoms with van der Waals surface area (Å²) in [6.45, 7) is 0. The van der Waals surface area contributed by atoms with Crippen molar-refractivity contribution >= 4 is 41.1 Å². The van der Waals surface area contributed by atoms with Crippen LogP contribution in [0.15, 0.2) is 22.4 Å². The molecule has 0 aromatic carbocycles. The van der Waals surface area contributed by atoms with Crippen LogP contribution in [0.1, 0.15) is 11.3 Å². The Labute approximate surface area is 122 Å². The Balaban J connectivity index is 2.05. The Kier molecular flexibility index (Phi) is 3.18. The third-order valence-corrected chi connectivity index (χ3v) is 3.46. The number of imidazole rings is 1. The third kappa shape index (κ3) is 2.38. The summed E-state index contributed by atoms with van der Waals surface area (Å²) in [6, 6.07) is 1.41. The second-order valence-electron chi connectivity index (χ2n) is 4.16. The topological polar surface area (TPSA) is 117 Å². The highest BCUT2D eigenvalue weighted by molar-refractivity contribution is 7.98. The SMILES string of the molecule is CSc1nc(O)c(C=C2C=Nc3ncc([N+](=O)[O-])cc32)[nH]1. The van der Waals surface area contributed by atoms with Gasteiger partial charge >= 0.3 is 0 Å². The minimum atomic E-state index is -0.511. The standard InChI is InChI=1S/C12H9N5O3S/c1-21-12-15-9(11(18)16-12)2-6-4-13-10-8(6)3-7(5-14-10)17(19)20/h2-5,18H,1H3,(H,15,16). The molecule has 0 fully saturated rings. The molecule has 0 saturated heterocycles. The van der Waals surface area contributed by atoms with Crippen LogP contribution in [0, 0.1) is 10.1 Å². The van der Waals surface area contributed by atoms with Gasteiger partial charge in [-0.15, -0.1) is 0 Å². The molecule has 0 bridgehead atoms. The van der Waals surface area contributed by atoms with E-state index < -0.39 is 4.92 Å². The van der Waals surface area contributed by atoms with Crippen LogP contribution in [0.5, 0.6) is 5.88 Å². The molecular weight excluding hydrogens is 294 g/mol. The summed E-state index contributed by atoms with van der Waals surface area (Å²) in [4.78, 5) is 25.2. The quantitative estimate of drug-likeness (QED) is 0.510. The number of hydrogen-bond donors (Lipinski definition) is 2. The Morgan fingerprint density at radius 2 is 2.33 bits per heavy atom. The molecule has 9 heteroatoms. The maximum absolute atomic E-state index is 10.8. The van der Waals surface area contributed by atoms with Gasteiger partial charge in [-0.05, 0) is 12.3 Å². The molecule has 0 radical (unpaired) electrons. The van der Waals surface area contributed by atoms with Crippen molar-refractivity contribution in [3.05, 3.63) is 33.6 Å². The highest BCUT2D eigenvalue weighted by atomic mass is 32.2. The Morgan fingerprint density at radius 3 is 3.00 bits per heavy atom. The van der Waals surface area contributed by atoms with Gasteiger partial charge in [-0.2, -0.15) is 4.98 Å². The van der Waals surface area contributed by atoms with E-state index in [1.165, 1.54) is 24.0 Å². The summed E-state index contributed by atoms with van der Waals surface area (Å²) in [6.07, 6.45) is 6.16. The van der Waals surface area contributed by atoms with E-state index in [2.05, 4.69) is 19.9 Å². The van der Waals surface area contributed by atoms with E-state index in [1.807, 2.05) is 6.26 Å². The molecular formula is C12H9N5O3S. The van der Waals surface area contributed by atoms with Crippen molar-refractivity contribution in [2.75, 3.05) is 6.26 Å². The predicted octanol–water partition coefficient (Wildman–Crippen LogP) is 2.40. The van der Waals surface area contributed by atoms with Crippen molar-refractivity contribution in [2.45, 2.75) is 5.16 Å². The number of hydrogen-bond acceptors (Lipinski definition) is 7. The summed E-state index contributed by atoms with van der Waals surface area (Å²) in [5.41, 5.74) is 1.47. The average molecular weight is 303 g/mol. The maximum Gasteiger partial charge on any atom is 0.288 e. The first kappa shape index (κ1) is 13.3. The molecule has 21 heavy (non-hydrogen) atoms. The van der Waals surface area contributed by atoms with Crippen LogP contribution in [-0.4, -0.2) is 37.5 Å². The lowest BCUT2D eigenvalue weighted by molar-refractivity contribution is -0.385. The van der Waals surface area contributed by atoms with Crippen molar-refractivity contribution in [1.82, 2.24) is 15.0 Å². The fraction of sp³-hybridized carbons (Fsp3) is 0.0833. The molecule has 2 aromatic heterocycles. The molecule has 1 aliphatic heterocycles. The van der Waals surface area contributed by atoms with E-state index in [0.29, 0.717) is 27.8 Å². The van der Waals surface area contributed by atoms with Crippen LogP contribution in [0.3, 0.4) is 0 Å². The smallest absolute Gasteiger partial charge is 0.288 e. The predicted molar refractivity (Wildman–Crippen MR) is 78.9 cm³/mol. The number of H-pyrrole nitrogens is 1. The minimum Gasteiger partial charge on any atom is -0.492 e. The molecule has 3 rings (SSSR count). The second kappa shape index (κ2) is 5.02. The van der Waals surface area contributed by atoms with Gasteiger partial charge in [0.2, 0.25) is 5.88 Å². The van der Waals surface area contributed by atoms with Crippen molar-refractivity contribution < 1.29 is 10.0 Å². The lowest BCUT2D eigenvalue weighted by Gasteiger charge is -1.98. The van der Waals surface area contributed by atoms with Gasteiger partial charge in [0.05, 0.1) is 4.92 Å². The van der Waals surface area contributed by atoms with Crippen molar-refractivity contribution in [1.29, 1.82) is 0 Å². The summed E-state index contributed by atoms with van der Waals surface area (Å²) in [5.74, 6) is 0.281. The number of nitrogens with zero attached hydrogens (tertiary/aromatic N) is 4. The number of aromatic hydroxyl groups is 1. The van der Waals surface area contributed by atoms with Crippen LogP contribution in [0.4, 0.5) is 11.5 Å². The number of allylic oxidation sites excluding steroid dienone is 1. The molecule has 0 amide bonds. The monoisotopic (exact) mass is 303 g/mol. The van der Waals surface area contributed by atoms with Gasteiger partial charge in [0.25, 0.3) is 5.69 Å². The van der Waals surface area contributed by atoms with Crippen molar-refractivity contribution in [2.24, 2.45) is 4.99 Å². The first-order valence-corrected chi connectivity index (χ1v) is 7.04. The van der Waals surface area contributed by atoms with E-state index in [0.717, 1.165) is 0 Å². The Morgan fingerprint density at radius 1 is 1.52 bits per heavy atom. The number of aromatic nitrogens is 3.